The number of rotatable bonds is 3. The van der Waals surface area contributed by atoms with Crippen LogP contribution in [0.5, 0.6) is 0 Å². The summed E-state index contributed by atoms with van der Waals surface area (Å²) in [5.74, 6) is -2.06. The highest BCUT2D eigenvalue weighted by Gasteiger charge is 2.72. The Hall–Kier alpha value is -3.55. The Morgan fingerprint density at radius 2 is 1.05 bits per heavy atom. The van der Waals surface area contributed by atoms with Gasteiger partial charge in [0.15, 0.2) is 0 Å². The van der Waals surface area contributed by atoms with Gasteiger partial charge in [-0.1, -0.05) is 98.6 Å². The summed E-state index contributed by atoms with van der Waals surface area (Å²) < 4.78 is -1.67. The fraction of sp³-hybridized carbons (Fsp3) is 0.129. The van der Waals surface area contributed by atoms with Crippen molar-refractivity contribution in [2.24, 2.45) is 11.8 Å². The van der Waals surface area contributed by atoms with Crippen LogP contribution in [0, 0.1) is 11.8 Å². The van der Waals surface area contributed by atoms with Crippen LogP contribution in [0.3, 0.4) is 0 Å². The van der Waals surface area contributed by atoms with E-state index in [1.54, 1.807) is 24.3 Å². The van der Waals surface area contributed by atoms with Gasteiger partial charge in [-0.25, -0.2) is 4.90 Å². The first kappa shape index (κ1) is 23.6. The van der Waals surface area contributed by atoms with Crippen LogP contribution < -0.4 is 10.2 Å². The topological polar surface area (TPSA) is 66.5 Å². The van der Waals surface area contributed by atoms with E-state index in [1.165, 1.54) is 4.90 Å². The number of halogens is 2. The van der Waals surface area contributed by atoms with E-state index in [9.17, 15) is 14.4 Å². The highest BCUT2D eigenvalue weighted by Crippen LogP contribution is 2.70. The minimum Gasteiger partial charge on any atom is -0.322 e. The molecular formula is C31H20Br2N2O3. The predicted octanol–water partition coefficient (Wildman–Crippen LogP) is 6.35. The van der Waals surface area contributed by atoms with Crippen LogP contribution in [0.4, 0.5) is 11.4 Å². The van der Waals surface area contributed by atoms with Gasteiger partial charge in [0.05, 0.1) is 26.2 Å². The maximum absolute atomic E-state index is 14.1. The molecule has 4 aromatic rings. The van der Waals surface area contributed by atoms with Crippen LogP contribution in [0.2, 0.25) is 0 Å². The molecule has 4 aromatic carbocycles. The minimum atomic E-state index is -0.836. The quantitative estimate of drug-likeness (QED) is 0.213. The fourth-order valence-corrected chi connectivity index (χ4v) is 8.71. The highest BCUT2D eigenvalue weighted by atomic mass is 79.9. The number of amides is 3. The van der Waals surface area contributed by atoms with Gasteiger partial charge in [0.25, 0.3) is 5.91 Å². The summed E-state index contributed by atoms with van der Waals surface area (Å²) in [4.78, 5) is 42.3. The number of anilines is 2. The smallest absolute Gasteiger partial charge is 0.255 e. The van der Waals surface area contributed by atoms with Crippen LogP contribution >= 0.6 is 31.9 Å². The lowest BCUT2D eigenvalue weighted by atomic mass is 9.54. The zero-order valence-electron chi connectivity index (χ0n) is 19.9. The second-order valence-electron chi connectivity index (χ2n) is 9.85. The van der Waals surface area contributed by atoms with Crippen molar-refractivity contribution >= 4 is 61.0 Å². The number of benzene rings is 4. The number of nitrogens with one attached hydrogen (secondary N) is 1. The zero-order valence-corrected chi connectivity index (χ0v) is 23.1. The van der Waals surface area contributed by atoms with Crippen molar-refractivity contribution in [3.63, 3.8) is 0 Å². The Bertz CT molecular complexity index is 1530. The molecule has 7 heteroatoms. The SMILES string of the molecule is O=C(Nc1ccccc1)c1ccc(N2C(=O)[C@@H]3[C@H](C2=O)C2(Br)c4ccccc4C3(Br)c3ccccc32)cc1. The number of para-hydroxylation sites is 1. The maximum Gasteiger partial charge on any atom is 0.255 e. The molecule has 4 aliphatic rings. The first-order valence-corrected chi connectivity index (χ1v) is 13.9. The van der Waals surface area contributed by atoms with E-state index in [1.807, 2.05) is 78.9 Å². The molecular weight excluding hydrogens is 608 g/mol. The van der Waals surface area contributed by atoms with E-state index in [2.05, 4.69) is 37.2 Å². The average Bonchev–Trinajstić information content (AvgIpc) is 3.23. The lowest BCUT2D eigenvalue weighted by Gasteiger charge is -2.55. The number of alkyl halides is 2. The van der Waals surface area contributed by atoms with Gasteiger partial charge in [0.2, 0.25) is 11.8 Å². The van der Waals surface area contributed by atoms with Gasteiger partial charge >= 0.3 is 0 Å². The lowest BCUT2D eigenvalue weighted by Crippen LogP contribution is -2.56. The summed E-state index contributed by atoms with van der Waals surface area (Å²) in [6.45, 7) is 0. The zero-order chi connectivity index (χ0) is 26.2. The summed E-state index contributed by atoms with van der Waals surface area (Å²) in [6.07, 6.45) is 0. The number of hydrogen-bond acceptors (Lipinski definition) is 3. The van der Waals surface area contributed by atoms with Crippen molar-refractivity contribution in [1.29, 1.82) is 0 Å². The standard InChI is InChI=1S/C31H20Br2N2O3/c32-30-21-10-4-5-11-22(21)31(33,24-13-7-6-12-23(24)30)26-25(30)28(37)35(29(26)38)20-16-14-18(15-17-20)27(36)34-19-8-2-1-3-9-19/h1-17,25-26H,(H,34,36)/t25-,26+,30?,31?. The highest BCUT2D eigenvalue weighted by molar-refractivity contribution is 9.10. The summed E-state index contributed by atoms with van der Waals surface area (Å²) in [5, 5.41) is 2.86. The van der Waals surface area contributed by atoms with Crippen molar-refractivity contribution in [1.82, 2.24) is 0 Å². The van der Waals surface area contributed by atoms with Gasteiger partial charge in [-0.05, 0) is 58.7 Å². The molecule has 0 aromatic heterocycles. The first-order valence-electron chi connectivity index (χ1n) is 12.3. The third-order valence-electron chi connectivity index (χ3n) is 8.00. The largest absolute Gasteiger partial charge is 0.322 e. The normalized spacial score (nSPS) is 26.5. The second-order valence-corrected chi connectivity index (χ2v) is 12.4. The van der Waals surface area contributed by atoms with Crippen molar-refractivity contribution in [2.75, 3.05) is 10.2 Å². The van der Waals surface area contributed by atoms with Crippen LogP contribution in [0.15, 0.2) is 103 Å². The second kappa shape index (κ2) is 8.22. The van der Waals surface area contributed by atoms with Crippen LogP contribution in [0.1, 0.15) is 32.6 Å². The molecule has 1 fully saturated rings. The van der Waals surface area contributed by atoms with Gasteiger partial charge in [0.1, 0.15) is 0 Å². The molecule has 1 saturated heterocycles. The van der Waals surface area contributed by atoms with Crippen molar-refractivity contribution in [3.05, 3.63) is 131 Å². The summed E-state index contributed by atoms with van der Waals surface area (Å²) in [5.41, 5.74) is 5.55. The molecule has 2 atom stereocenters. The van der Waals surface area contributed by atoms with Crippen LogP contribution in [-0.4, -0.2) is 17.7 Å². The fourth-order valence-electron chi connectivity index (χ4n) is 6.41. The van der Waals surface area contributed by atoms with Gasteiger partial charge in [0, 0.05) is 11.3 Å². The Morgan fingerprint density at radius 3 is 1.50 bits per heavy atom. The van der Waals surface area contributed by atoms with E-state index in [0.29, 0.717) is 16.9 Å². The Morgan fingerprint density at radius 1 is 0.632 bits per heavy atom. The van der Waals surface area contributed by atoms with E-state index >= 15 is 0 Å². The molecule has 8 rings (SSSR count). The van der Waals surface area contributed by atoms with Gasteiger partial charge in [-0.2, -0.15) is 0 Å². The molecule has 1 N–H and O–H groups in total. The Kier molecular flexibility index (Phi) is 5.10. The minimum absolute atomic E-state index is 0.258. The summed E-state index contributed by atoms with van der Waals surface area (Å²) in [7, 11) is 0. The Balaban J connectivity index is 1.29. The molecule has 38 heavy (non-hydrogen) atoms. The number of carbonyl (C=O) groups excluding carboxylic acids is 3. The van der Waals surface area contributed by atoms with Crippen LogP contribution in [-0.2, 0) is 18.2 Å². The predicted molar refractivity (Wildman–Crippen MR) is 153 cm³/mol. The molecule has 1 heterocycles. The first-order chi connectivity index (χ1) is 18.4. The summed E-state index contributed by atoms with van der Waals surface area (Å²) >= 11 is 8.04. The molecule has 2 bridgehead atoms. The third kappa shape index (κ3) is 2.94. The Labute approximate surface area is 236 Å². The molecule has 0 unspecified atom stereocenters. The molecule has 3 amide bonds. The van der Waals surface area contributed by atoms with Crippen molar-refractivity contribution in [3.8, 4) is 0 Å². The molecule has 0 radical (unpaired) electrons. The van der Waals surface area contributed by atoms with E-state index in [4.69, 9.17) is 0 Å². The lowest BCUT2D eigenvalue weighted by molar-refractivity contribution is -0.122. The van der Waals surface area contributed by atoms with E-state index in [0.717, 1.165) is 22.3 Å². The van der Waals surface area contributed by atoms with Gasteiger partial charge in [-0.3, -0.25) is 14.4 Å². The number of hydrogen-bond donors (Lipinski definition) is 1. The molecule has 3 aliphatic carbocycles. The number of carbonyl (C=O) groups is 3. The monoisotopic (exact) mass is 626 g/mol. The van der Waals surface area contributed by atoms with Crippen molar-refractivity contribution < 1.29 is 14.4 Å². The molecule has 0 saturated carbocycles. The third-order valence-corrected chi connectivity index (χ3v) is 10.7. The molecule has 5 nitrogen and oxygen atoms in total. The maximum atomic E-state index is 14.1. The molecule has 1 aliphatic heterocycles. The number of nitrogens with zero attached hydrogens (tertiary/aromatic N) is 1. The average molecular weight is 628 g/mol. The van der Waals surface area contributed by atoms with Crippen molar-refractivity contribution in [2.45, 2.75) is 8.65 Å². The number of imide groups is 1. The van der Waals surface area contributed by atoms with E-state index < -0.39 is 20.5 Å². The molecule has 186 valence electrons. The summed E-state index contributed by atoms with van der Waals surface area (Å²) in [6, 6.07) is 31.8. The van der Waals surface area contributed by atoms with Gasteiger partial charge in [-0.15, -0.1) is 0 Å². The van der Waals surface area contributed by atoms with Crippen LogP contribution in [0.25, 0.3) is 0 Å². The molecule has 0 spiro atoms. The van der Waals surface area contributed by atoms with E-state index in [-0.39, 0.29) is 17.7 Å². The van der Waals surface area contributed by atoms with Gasteiger partial charge < -0.3 is 5.32 Å².